The first kappa shape index (κ1) is 19.8. The van der Waals surface area contributed by atoms with Crippen molar-refractivity contribution in [1.29, 1.82) is 0 Å². The minimum absolute atomic E-state index is 0.0183. The first-order valence-electron chi connectivity index (χ1n) is 9.66. The van der Waals surface area contributed by atoms with E-state index in [4.69, 9.17) is 0 Å². The maximum Gasteiger partial charge on any atom is 0.253 e. The highest BCUT2D eigenvalue weighted by Gasteiger charge is 2.22. The van der Waals surface area contributed by atoms with Crippen LogP contribution in [0, 0.1) is 6.92 Å². The van der Waals surface area contributed by atoms with E-state index in [-0.39, 0.29) is 18.0 Å². The van der Waals surface area contributed by atoms with Crippen molar-refractivity contribution in [3.8, 4) is 0 Å². The van der Waals surface area contributed by atoms with Crippen LogP contribution < -0.4 is 15.4 Å². The number of aromatic nitrogens is 4. The molecule has 0 bridgehead atoms. The SMILES string of the molecule is CCN(CC)c1ccc(N2CCN(C(=O)Cn3cnc(C)cc3=O)CC2)nn1. The Bertz CT molecular complexity index is 853. The lowest BCUT2D eigenvalue weighted by Gasteiger charge is -2.35. The topological polar surface area (TPSA) is 87.5 Å². The number of carbonyl (C=O) groups excluding carboxylic acids is 1. The van der Waals surface area contributed by atoms with E-state index in [2.05, 4.69) is 38.8 Å². The first-order chi connectivity index (χ1) is 13.5. The van der Waals surface area contributed by atoms with Crippen LogP contribution in [0.4, 0.5) is 11.6 Å². The molecular weight excluding hydrogens is 358 g/mol. The molecule has 0 atom stereocenters. The summed E-state index contributed by atoms with van der Waals surface area (Å²) in [5, 5.41) is 8.69. The number of hydrogen-bond acceptors (Lipinski definition) is 7. The summed E-state index contributed by atoms with van der Waals surface area (Å²) in [6.45, 7) is 10.3. The summed E-state index contributed by atoms with van der Waals surface area (Å²) in [5.41, 5.74) is 0.443. The van der Waals surface area contributed by atoms with E-state index in [1.54, 1.807) is 11.8 Å². The Labute approximate surface area is 164 Å². The van der Waals surface area contributed by atoms with Gasteiger partial charge in [0, 0.05) is 51.0 Å². The van der Waals surface area contributed by atoms with Crippen molar-refractivity contribution >= 4 is 17.5 Å². The van der Waals surface area contributed by atoms with Crippen molar-refractivity contribution in [1.82, 2.24) is 24.6 Å². The van der Waals surface area contributed by atoms with E-state index >= 15 is 0 Å². The summed E-state index contributed by atoms with van der Waals surface area (Å²) in [7, 11) is 0. The van der Waals surface area contributed by atoms with Gasteiger partial charge in [0.25, 0.3) is 5.56 Å². The zero-order valence-electron chi connectivity index (χ0n) is 16.7. The average molecular weight is 385 g/mol. The van der Waals surface area contributed by atoms with E-state index in [9.17, 15) is 9.59 Å². The van der Waals surface area contributed by atoms with Gasteiger partial charge in [-0.3, -0.25) is 14.2 Å². The van der Waals surface area contributed by atoms with Gasteiger partial charge in [-0.25, -0.2) is 4.98 Å². The third-order valence-corrected chi connectivity index (χ3v) is 5.00. The maximum absolute atomic E-state index is 12.5. The second kappa shape index (κ2) is 8.81. The number of anilines is 2. The lowest BCUT2D eigenvalue weighted by atomic mass is 10.3. The Balaban J connectivity index is 1.56. The molecule has 0 radical (unpaired) electrons. The Hall–Kier alpha value is -2.97. The molecule has 1 amide bonds. The van der Waals surface area contributed by atoms with Crippen LogP contribution in [-0.4, -0.2) is 69.8 Å². The number of rotatable bonds is 6. The van der Waals surface area contributed by atoms with Gasteiger partial charge in [-0.2, -0.15) is 0 Å². The molecule has 28 heavy (non-hydrogen) atoms. The van der Waals surface area contributed by atoms with Gasteiger partial charge in [-0.05, 0) is 32.9 Å². The Morgan fingerprint density at radius 3 is 2.39 bits per heavy atom. The molecule has 3 rings (SSSR count). The second-order valence-electron chi connectivity index (χ2n) is 6.79. The zero-order chi connectivity index (χ0) is 20.1. The summed E-state index contributed by atoms with van der Waals surface area (Å²) >= 11 is 0. The lowest BCUT2D eigenvalue weighted by molar-refractivity contribution is -0.132. The quantitative estimate of drug-likeness (QED) is 0.717. The van der Waals surface area contributed by atoms with Crippen LogP contribution in [0.15, 0.2) is 29.3 Å². The first-order valence-corrected chi connectivity index (χ1v) is 9.66. The second-order valence-corrected chi connectivity index (χ2v) is 6.79. The van der Waals surface area contributed by atoms with Crippen LogP contribution in [0.1, 0.15) is 19.5 Å². The largest absolute Gasteiger partial charge is 0.356 e. The fraction of sp³-hybridized carbons (Fsp3) is 0.526. The van der Waals surface area contributed by atoms with Crippen molar-refractivity contribution in [2.75, 3.05) is 49.1 Å². The molecule has 1 saturated heterocycles. The van der Waals surface area contributed by atoms with Gasteiger partial charge in [-0.15, -0.1) is 10.2 Å². The van der Waals surface area contributed by atoms with E-state index in [0.29, 0.717) is 31.9 Å². The predicted octanol–water partition coefficient (Wildman–Crippen LogP) is 0.537. The van der Waals surface area contributed by atoms with Gasteiger partial charge < -0.3 is 14.7 Å². The highest BCUT2D eigenvalue weighted by Crippen LogP contribution is 2.16. The standard InChI is InChI=1S/C19H27N7O2/c1-4-23(5-2)16-6-7-17(22-21-16)24-8-10-25(11-9-24)19(28)13-26-14-20-15(3)12-18(26)27/h6-7,12,14H,4-5,8-11,13H2,1-3H3. The maximum atomic E-state index is 12.5. The molecule has 2 aromatic rings. The Kier molecular flexibility index (Phi) is 6.23. The molecule has 1 fully saturated rings. The highest BCUT2D eigenvalue weighted by atomic mass is 16.2. The number of hydrogen-bond donors (Lipinski definition) is 0. The van der Waals surface area contributed by atoms with E-state index in [1.165, 1.54) is 17.0 Å². The van der Waals surface area contributed by atoms with Crippen LogP contribution in [0.5, 0.6) is 0 Å². The van der Waals surface area contributed by atoms with Crippen molar-refractivity contribution < 1.29 is 4.79 Å². The summed E-state index contributed by atoms with van der Waals surface area (Å²) in [4.78, 5) is 34.6. The molecule has 1 aliphatic rings. The number of aryl methyl sites for hydroxylation is 1. The molecule has 150 valence electrons. The fourth-order valence-corrected chi connectivity index (χ4v) is 3.27. The van der Waals surface area contributed by atoms with Gasteiger partial charge in [0.1, 0.15) is 6.54 Å². The van der Waals surface area contributed by atoms with Crippen LogP contribution >= 0.6 is 0 Å². The van der Waals surface area contributed by atoms with Gasteiger partial charge in [0.2, 0.25) is 5.91 Å². The monoisotopic (exact) mass is 385 g/mol. The molecule has 9 nitrogen and oxygen atoms in total. The van der Waals surface area contributed by atoms with Crippen LogP contribution in [-0.2, 0) is 11.3 Å². The third kappa shape index (κ3) is 4.47. The number of carbonyl (C=O) groups is 1. The van der Waals surface area contributed by atoms with Gasteiger partial charge >= 0.3 is 0 Å². The van der Waals surface area contributed by atoms with Crippen molar-refractivity contribution in [2.24, 2.45) is 0 Å². The minimum atomic E-state index is -0.206. The predicted molar refractivity (Wildman–Crippen MR) is 108 cm³/mol. The van der Waals surface area contributed by atoms with Gasteiger partial charge in [0.15, 0.2) is 11.6 Å². The molecule has 3 heterocycles. The zero-order valence-corrected chi connectivity index (χ0v) is 16.7. The molecule has 0 aliphatic carbocycles. The average Bonchev–Trinajstić information content (AvgIpc) is 2.71. The molecule has 0 spiro atoms. The third-order valence-electron chi connectivity index (χ3n) is 5.00. The molecule has 9 heteroatoms. The Morgan fingerprint density at radius 2 is 1.82 bits per heavy atom. The summed E-state index contributed by atoms with van der Waals surface area (Å²) in [5.74, 6) is 1.62. The van der Waals surface area contributed by atoms with E-state index < -0.39 is 0 Å². The Morgan fingerprint density at radius 1 is 1.11 bits per heavy atom. The van der Waals surface area contributed by atoms with Crippen LogP contribution in [0.2, 0.25) is 0 Å². The van der Waals surface area contributed by atoms with E-state index in [0.717, 1.165) is 24.7 Å². The molecule has 0 aromatic carbocycles. The molecule has 0 N–H and O–H groups in total. The van der Waals surface area contributed by atoms with Gasteiger partial charge in [-0.1, -0.05) is 0 Å². The van der Waals surface area contributed by atoms with Crippen molar-refractivity contribution in [3.05, 3.63) is 40.6 Å². The number of amides is 1. The van der Waals surface area contributed by atoms with E-state index in [1.807, 2.05) is 12.1 Å². The van der Waals surface area contributed by atoms with Crippen molar-refractivity contribution in [3.63, 3.8) is 0 Å². The molecule has 1 aliphatic heterocycles. The normalized spacial score (nSPS) is 14.2. The summed E-state index contributed by atoms with van der Waals surface area (Å²) < 4.78 is 1.35. The lowest BCUT2D eigenvalue weighted by Crippen LogP contribution is -2.50. The smallest absolute Gasteiger partial charge is 0.253 e. The molecule has 0 unspecified atom stereocenters. The molecular formula is C19H27N7O2. The summed E-state index contributed by atoms with van der Waals surface area (Å²) in [6, 6.07) is 5.41. The number of piperazine rings is 1. The van der Waals surface area contributed by atoms with Crippen LogP contribution in [0.25, 0.3) is 0 Å². The fourth-order valence-electron chi connectivity index (χ4n) is 3.27. The van der Waals surface area contributed by atoms with Gasteiger partial charge in [0.05, 0.1) is 6.33 Å². The van der Waals surface area contributed by atoms with Crippen LogP contribution in [0.3, 0.4) is 0 Å². The number of nitrogens with zero attached hydrogens (tertiary/aromatic N) is 7. The molecule has 0 saturated carbocycles. The summed E-state index contributed by atoms with van der Waals surface area (Å²) in [6.07, 6.45) is 1.43. The minimum Gasteiger partial charge on any atom is -0.356 e. The highest BCUT2D eigenvalue weighted by molar-refractivity contribution is 5.76. The van der Waals surface area contributed by atoms with Crippen molar-refractivity contribution in [2.45, 2.75) is 27.3 Å². The molecule has 2 aromatic heterocycles.